The minimum atomic E-state index is -0.304. The molecule has 27 heavy (non-hydrogen) atoms. The van der Waals surface area contributed by atoms with Crippen molar-refractivity contribution >= 4 is 22.4 Å². The normalized spacial score (nSPS) is 19.7. The molecule has 1 saturated carbocycles. The number of fused-ring (bicyclic) bond motifs is 2. The molecule has 0 radical (unpaired) electrons. The molecule has 1 fully saturated rings. The van der Waals surface area contributed by atoms with Gasteiger partial charge in [-0.2, -0.15) is 5.10 Å². The molecule has 138 valence electrons. The summed E-state index contributed by atoms with van der Waals surface area (Å²) in [6.45, 7) is 2.00. The highest BCUT2D eigenvalue weighted by Crippen LogP contribution is 2.44. The van der Waals surface area contributed by atoms with Gasteiger partial charge in [0.2, 0.25) is 0 Å². The lowest BCUT2D eigenvalue weighted by Gasteiger charge is -2.18. The summed E-state index contributed by atoms with van der Waals surface area (Å²) in [6.07, 6.45) is 3.11. The van der Waals surface area contributed by atoms with Gasteiger partial charge in [0.25, 0.3) is 0 Å². The molecule has 0 saturated heterocycles. The van der Waals surface area contributed by atoms with Crippen molar-refractivity contribution in [3.63, 3.8) is 0 Å². The summed E-state index contributed by atoms with van der Waals surface area (Å²) < 4.78 is 16.3. The zero-order chi connectivity index (χ0) is 18.7. The average Bonchev–Trinajstić information content (AvgIpc) is 3.42. The van der Waals surface area contributed by atoms with Crippen LogP contribution in [0.1, 0.15) is 43.4 Å². The monoisotopic (exact) mass is 363 g/mol. The molecule has 1 aromatic heterocycles. The van der Waals surface area contributed by atoms with E-state index in [0.717, 1.165) is 39.0 Å². The van der Waals surface area contributed by atoms with Gasteiger partial charge in [-0.25, -0.2) is 4.39 Å². The molecule has 1 aliphatic heterocycles. The summed E-state index contributed by atoms with van der Waals surface area (Å²) in [5.74, 6) is 0.384. The van der Waals surface area contributed by atoms with Crippen LogP contribution in [0.25, 0.3) is 22.0 Å². The molecular weight excluding hydrogens is 341 g/mol. The SMILES string of the molecule is C[C@@H]1CC(=O)Cc2cc(F)cc(-c3ccc4c(c3)c(C3CC3)nn4C)c2N1. The minimum absolute atomic E-state index is 0.0344. The minimum Gasteiger partial charge on any atom is -0.381 e. The second kappa shape index (κ2) is 5.91. The van der Waals surface area contributed by atoms with Gasteiger partial charge in [-0.3, -0.25) is 9.48 Å². The van der Waals surface area contributed by atoms with Crippen molar-refractivity contribution in [3.8, 4) is 11.1 Å². The van der Waals surface area contributed by atoms with Crippen LogP contribution in [-0.4, -0.2) is 21.6 Å². The van der Waals surface area contributed by atoms with E-state index in [1.54, 1.807) is 6.07 Å². The average molecular weight is 363 g/mol. The number of hydrogen-bond donors (Lipinski definition) is 1. The van der Waals surface area contributed by atoms with Crippen molar-refractivity contribution in [1.82, 2.24) is 9.78 Å². The lowest BCUT2D eigenvalue weighted by molar-refractivity contribution is -0.118. The number of hydrogen-bond acceptors (Lipinski definition) is 3. The van der Waals surface area contributed by atoms with Crippen LogP contribution in [-0.2, 0) is 18.3 Å². The van der Waals surface area contributed by atoms with Crippen LogP contribution < -0.4 is 5.32 Å². The van der Waals surface area contributed by atoms with Crippen molar-refractivity contribution in [2.75, 3.05) is 5.32 Å². The lowest BCUT2D eigenvalue weighted by Crippen LogP contribution is -2.17. The van der Waals surface area contributed by atoms with E-state index < -0.39 is 0 Å². The number of ketones is 1. The first-order valence-electron chi connectivity index (χ1n) is 9.57. The number of carbonyl (C=O) groups is 1. The number of benzene rings is 2. The first-order valence-corrected chi connectivity index (χ1v) is 9.57. The molecule has 5 heteroatoms. The maximum absolute atomic E-state index is 14.4. The molecular formula is C22H22FN3O. The number of aromatic nitrogens is 2. The third-order valence-electron chi connectivity index (χ3n) is 5.65. The third kappa shape index (κ3) is 2.82. The number of rotatable bonds is 2. The van der Waals surface area contributed by atoms with Crippen LogP contribution in [0.4, 0.5) is 10.1 Å². The maximum Gasteiger partial charge on any atom is 0.139 e. The van der Waals surface area contributed by atoms with E-state index in [1.807, 2.05) is 24.7 Å². The van der Waals surface area contributed by atoms with Crippen molar-refractivity contribution in [3.05, 3.63) is 47.4 Å². The van der Waals surface area contributed by atoms with Gasteiger partial charge in [-0.05, 0) is 55.2 Å². The van der Waals surface area contributed by atoms with Gasteiger partial charge in [0.05, 0.1) is 11.2 Å². The predicted octanol–water partition coefficient (Wildman–Crippen LogP) is 4.57. The van der Waals surface area contributed by atoms with Gasteiger partial charge in [0.1, 0.15) is 11.6 Å². The van der Waals surface area contributed by atoms with Crippen LogP contribution in [0.15, 0.2) is 30.3 Å². The van der Waals surface area contributed by atoms with E-state index >= 15 is 0 Å². The number of nitrogens with one attached hydrogen (secondary N) is 1. The van der Waals surface area contributed by atoms with E-state index in [2.05, 4.69) is 17.4 Å². The largest absolute Gasteiger partial charge is 0.381 e. The topological polar surface area (TPSA) is 46.9 Å². The van der Waals surface area contributed by atoms with E-state index in [1.165, 1.54) is 18.9 Å². The molecule has 2 heterocycles. The summed E-state index contributed by atoms with van der Waals surface area (Å²) in [7, 11) is 1.97. The smallest absolute Gasteiger partial charge is 0.139 e. The number of Topliss-reactive ketones (excluding diaryl/α,β-unsaturated/α-hetero) is 1. The molecule has 1 atom stereocenters. The van der Waals surface area contributed by atoms with Crippen LogP contribution in [0, 0.1) is 5.82 Å². The Morgan fingerprint density at radius 3 is 2.81 bits per heavy atom. The zero-order valence-corrected chi connectivity index (χ0v) is 15.6. The fraction of sp³-hybridized carbons (Fsp3) is 0.364. The number of aryl methyl sites for hydroxylation is 1. The Kier molecular flexibility index (Phi) is 3.61. The standard InChI is InChI=1S/C22H22FN3O/c1-12-7-17(27)9-15-8-16(23)11-18(21(15)24-12)14-5-6-20-19(10-14)22(13-3-4-13)25-26(20)2/h5-6,8,10-13,24H,3-4,7,9H2,1-2H3/t12-/m1/s1. The van der Waals surface area contributed by atoms with Gasteiger partial charge >= 0.3 is 0 Å². The van der Waals surface area contributed by atoms with Crippen LogP contribution in [0.3, 0.4) is 0 Å². The number of carbonyl (C=O) groups excluding carboxylic acids is 1. The summed E-state index contributed by atoms with van der Waals surface area (Å²) in [6, 6.07) is 9.31. The van der Waals surface area contributed by atoms with Gasteiger partial charge < -0.3 is 5.32 Å². The quantitative estimate of drug-likeness (QED) is 0.725. The predicted molar refractivity (Wildman–Crippen MR) is 104 cm³/mol. The van der Waals surface area contributed by atoms with Crippen LogP contribution >= 0.6 is 0 Å². The Hall–Kier alpha value is -2.69. The Morgan fingerprint density at radius 2 is 2.04 bits per heavy atom. The molecule has 2 aliphatic rings. The van der Waals surface area contributed by atoms with Crippen molar-refractivity contribution in [1.29, 1.82) is 0 Å². The highest BCUT2D eigenvalue weighted by molar-refractivity contribution is 5.93. The molecule has 5 rings (SSSR count). The van der Waals surface area contributed by atoms with Crippen molar-refractivity contribution < 1.29 is 9.18 Å². The maximum atomic E-state index is 14.4. The van der Waals surface area contributed by atoms with Gasteiger partial charge in [-0.15, -0.1) is 0 Å². The van der Waals surface area contributed by atoms with E-state index in [0.29, 0.717) is 12.3 Å². The van der Waals surface area contributed by atoms with E-state index in [-0.39, 0.29) is 24.1 Å². The molecule has 0 amide bonds. The highest BCUT2D eigenvalue weighted by atomic mass is 19.1. The zero-order valence-electron chi connectivity index (χ0n) is 15.6. The second-order valence-corrected chi connectivity index (χ2v) is 7.97. The van der Waals surface area contributed by atoms with Crippen molar-refractivity contribution in [2.45, 2.75) is 44.6 Å². The highest BCUT2D eigenvalue weighted by Gasteiger charge is 2.29. The summed E-state index contributed by atoms with van der Waals surface area (Å²) in [4.78, 5) is 12.1. The summed E-state index contributed by atoms with van der Waals surface area (Å²) in [5, 5.41) is 9.30. The Morgan fingerprint density at radius 1 is 1.22 bits per heavy atom. The Balaban J connectivity index is 1.71. The van der Waals surface area contributed by atoms with Crippen LogP contribution in [0.5, 0.6) is 0 Å². The number of nitrogens with zero attached hydrogens (tertiary/aromatic N) is 2. The van der Waals surface area contributed by atoms with Gasteiger partial charge in [0, 0.05) is 48.5 Å². The number of halogens is 1. The van der Waals surface area contributed by atoms with E-state index in [9.17, 15) is 9.18 Å². The molecule has 1 aliphatic carbocycles. The Labute approximate surface area is 157 Å². The molecule has 4 nitrogen and oxygen atoms in total. The fourth-order valence-corrected chi connectivity index (χ4v) is 4.24. The molecule has 1 N–H and O–H groups in total. The first-order chi connectivity index (χ1) is 13.0. The second-order valence-electron chi connectivity index (χ2n) is 7.97. The molecule has 0 spiro atoms. The lowest BCUT2D eigenvalue weighted by atomic mass is 9.96. The van der Waals surface area contributed by atoms with E-state index in [4.69, 9.17) is 5.10 Å². The molecule has 0 unspecified atom stereocenters. The number of anilines is 1. The fourth-order valence-electron chi connectivity index (χ4n) is 4.24. The van der Waals surface area contributed by atoms with Crippen molar-refractivity contribution in [2.24, 2.45) is 7.05 Å². The summed E-state index contributed by atoms with van der Waals surface area (Å²) >= 11 is 0. The first kappa shape index (κ1) is 16.5. The molecule has 0 bridgehead atoms. The van der Waals surface area contributed by atoms with Gasteiger partial charge in [-0.1, -0.05) is 6.07 Å². The molecule has 2 aromatic carbocycles. The Bertz CT molecular complexity index is 1080. The summed E-state index contributed by atoms with van der Waals surface area (Å²) in [5.41, 5.74) is 5.65. The van der Waals surface area contributed by atoms with Crippen LogP contribution in [0.2, 0.25) is 0 Å². The third-order valence-corrected chi connectivity index (χ3v) is 5.65. The molecule has 3 aromatic rings. The van der Waals surface area contributed by atoms with Gasteiger partial charge in [0.15, 0.2) is 0 Å².